The van der Waals surface area contributed by atoms with Crippen molar-refractivity contribution < 1.29 is 41.0 Å². The number of hydrogen-bond acceptors (Lipinski definition) is 9. The first-order valence-corrected chi connectivity index (χ1v) is 17.6. The van der Waals surface area contributed by atoms with Gasteiger partial charge in [-0.15, -0.1) is 5.10 Å². The molecule has 3 aromatic heterocycles. The molecular weight excluding hydrogens is 691 g/mol. The van der Waals surface area contributed by atoms with E-state index < -0.39 is 39.7 Å². The highest BCUT2D eigenvalue weighted by Gasteiger charge is 2.54. The molecule has 0 spiro atoms. The number of ether oxygens (including phenoxy) is 1. The fourth-order valence-electron chi connectivity index (χ4n) is 6.14. The number of rotatable bonds is 14. The molecule has 3 atom stereocenters. The molecule has 2 amide bonds. The van der Waals surface area contributed by atoms with Gasteiger partial charge >= 0.3 is 12.3 Å². The third kappa shape index (κ3) is 9.12. The average molecular weight is 728 g/mol. The maximum Gasteiger partial charge on any atom is 0.407 e. The molecule has 2 aliphatic rings. The Morgan fingerprint density at radius 2 is 1.90 bits per heavy atom. The number of halogens is 4. The van der Waals surface area contributed by atoms with Gasteiger partial charge in [-0.3, -0.25) is 4.79 Å². The Morgan fingerprint density at radius 3 is 2.57 bits per heavy atom. The van der Waals surface area contributed by atoms with Crippen LogP contribution in [0.1, 0.15) is 62.7 Å². The first-order valence-electron chi connectivity index (χ1n) is 15.7. The summed E-state index contributed by atoms with van der Waals surface area (Å²) in [6, 6.07) is 8.56. The van der Waals surface area contributed by atoms with E-state index >= 15 is 0 Å². The van der Waals surface area contributed by atoms with Gasteiger partial charge in [-0.05, 0) is 88.5 Å². The molecule has 2 unspecified atom stereocenters. The summed E-state index contributed by atoms with van der Waals surface area (Å²) < 4.78 is 72.9. The van der Waals surface area contributed by atoms with Crippen LogP contribution in [-0.4, -0.2) is 81.6 Å². The lowest BCUT2D eigenvalue weighted by Gasteiger charge is -2.28. The largest absolute Gasteiger partial charge is 0.477 e. The monoisotopic (exact) mass is 727 g/mol. The Labute approximate surface area is 286 Å². The number of anilines is 1. The van der Waals surface area contributed by atoms with Gasteiger partial charge in [-0.25, -0.2) is 24.2 Å². The summed E-state index contributed by atoms with van der Waals surface area (Å²) in [6.45, 7) is 4.96. The number of aromatic nitrogens is 4. The van der Waals surface area contributed by atoms with Crippen LogP contribution >= 0.6 is 11.6 Å². The van der Waals surface area contributed by atoms with Gasteiger partial charge in [0.15, 0.2) is 10.8 Å². The van der Waals surface area contributed by atoms with E-state index in [4.69, 9.17) is 16.3 Å². The fraction of sp³-hybridized carbons (Fsp3) is 0.516. The number of hydrogen-bond donors (Lipinski definition) is 3. The van der Waals surface area contributed by atoms with Gasteiger partial charge < -0.3 is 20.1 Å². The molecule has 0 radical (unpaired) electrons. The lowest BCUT2D eigenvalue weighted by atomic mass is 9.93. The minimum atomic E-state index is -4.39. The van der Waals surface area contributed by atoms with Crippen molar-refractivity contribution in [1.82, 2.24) is 29.4 Å². The van der Waals surface area contributed by atoms with Crippen molar-refractivity contribution in [2.45, 2.75) is 69.1 Å². The maximum atomic E-state index is 13.0. The van der Waals surface area contributed by atoms with Crippen LogP contribution in [0.2, 0.25) is 5.15 Å². The van der Waals surface area contributed by atoms with Crippen LogP contribution in [0.4, 0.5) is 23.8 Å². The van der Waals surface area contributed by atoms with Crippen LogP contribution in [0.3, 0.4) is 0 Å². The molecule has 266 valence electrons. The van der Waals surface area contributed by atoms with Gasteiger partial charge in [0.1, 0.15) is 11.0 Å². The lowest BCUT2D eigenvalue weighted by molar-refractivity contribution is -0.151. The van der Waals surface area contributed by atoms with Crippen LogP contribution in [0.15, 0.2) is 47.6 Å². The van der Waals surface area contributed by atoms with E-state index in [9.17, 15) is 36.3 Å². The Balaban J connectivity index is 1.10. The van der Waals surface area contributed by atoms with E-state index in [2.05, 4.69) is 20.4 Å². The minimum absolute atomic E-state index is 0.158. The zero-order valence-electron chi connectivity index (χ0n) is 26.8. The lowest BCUT2D eigenvalue weighted by Crippen LogP contribution is -2.41. The van der Waals surface area contributed by atoms with Crippen molar-refractivity contribution in [3.8, 4) is 11.7 Å². The fourth-order valence-corrected chi connectivity index (χ4v) is 7.31. The van der Waals surface area contributed by atoms with Crippen molar-refractivity contribution in [2.24, 2.45) is 17.8 Å². The van der Waals surface area contributed by atoms with Crippen molar-refractivity contribution in [3.63, 3.8) is 0 Å². The third-order valence-corrected chi connectivity index (χ3v) is 10.2. The van der Waals surface area contributed by atoms with Gasteiger partial charge in [0.2, 0.25) is 5.88 Å². The first kappa shape index (κ1) is 36.2. The summed E-state index contributed by atoms with van der Waals surface area (Å²) in [6.07, 6.45) is -0.269. The van der Waals surface area contributed by atoms with Crippen LogP contribution < -0.4 is 14.8 Å². The molecule has 18 heteroatoms. The Kier molecular flexibility index (Phi) is 10.6. The number of alkyl halides is 3. The SMILES string of the molecule is CC1(C)C[C@H](CCCNc2cccc(S(=O)(=O)NC(=O)c3ccc(-n4ccc(OCCCC5CC5C(F)(F)F)n4)nc3Cl)n2)CN1C(=O)O. The van der Waals surface area contributed by atoms with Crippen LogP contribution in [0.25, 0.3) is 5.82 Å². The second kappa shape index (κ2) is 14.4. The summed E-state index contributed by atoms with van der Waals surface area (Å²) >= 11 is 6.24. The smallest absolute Gasteiger partial charge is 0.407 e. The van der Waals surface area contributed by atoms with Gasteiger partial charge in [0.05, 0.1) is 18.1 Å². The number of carbonyl (C=O) groups excluding carboxylic acids is 1. The predicted molar refractivity (Wildman–Crippen MR) is 172 cm³/mol. The number of sulfonamides is 1. The number of carboxylic acid groups (broad SMARTS) is 1. The molecule has 2 fully saturated rings. The molecular formula is C31H37ClF3N7O6S. The van der Waals surface area contributed by atoms with E-state index in [1.165, 1.54) is 40.0 Å². The number of nitrogens with zero attached hydrogens (tertiary/aromatic N) is 5. The van der Waals surface area contributed by atoms with Crippen molar-refractivity contribution in [3.05, 3.63) is 53.3 Å². The van der Waals surface area contributed by atoms with Gasteiger partial charge in [0.25, 0.3) is 15.9 Å². The van der Waals surface area contributed by atoms with Crippen LogP contribution in [0, 0.1) is 17.8 Å². The molecule has 1 aliphatic heterocycles. The molecule has 0 bridgehead atoms. The highest BCUT2D eigenvalue weighted by atomic mass is 35.5. The normalized spacial score (nSPS) is 20.2. The van der Waals surface area contributed by atoms with Crippen LogP contribution in [-0.2, 0) is 10.0 Å². The number of carbonyl (C=O) groups is 2. The summed E-state index contributed by atoms with van der Waals surface area (Å²) in [5, 5.41) is 16.0. The maximum absolute atomic E-state index is 13.0. The van der Waals surface area contributed by atoms with E-state index in [0.29, 0.717) is 38.2 Å². The minimum Gasteiger partial charge on any atom is -0.477 e. The highest BCUT2D eigenvalue weighted by molar-refractivity contribution is 7.90. The quantitative estimate of drug-likeness (QED) is 0.137. The van der Waals surface area contributed by atoms with Crippen LogP contribution in [0.5, 0.6) is 5.88 Å². The number of likely N-dealkylation sites (tertiary alicyclic amines) is 1. The molecule has 0 aromatic carbocycles. The first-order chi connectivity index (χ1) is 23.0. The molecule has 1 saturated heterocycles. The zero-order chi connectivity index (χ0) is 35.6. The third-order valence-electron chi connectivity index (χ3n) is 8.70. The van der Waals surface area contributed by atoms with Gasteiger partial charge in [0, 0.05) is 30.9 Å². The second-order valence-corrected chi connectivity index (χ2v) is 14.9. The molecule has 13 nitrogen and oxygen atoms in total. The van der Waals surface area contributed by atoms with Gasteiger partial charge in [-0.2, -0.15) is 21.6 Å². The molecule has 1 aliphatic carbocycles. The number of amides is 2. The average Bonchev–Trinajstić information content (AvgIpc) is 3.55. The topological polar surface area (TPSA) is 169 Å². The second-order valence-electron chi connectivity index (χ2n) is 12.9. The van der Waals surface area contributed by atoms with E-state index in [0.717, 1.165) is 12.8 Å². The summed E-state index contributed by atoms with van der Waals surface area (Å²) in [5.74, 6) is -1.65. The molecule has 5 rings (SSSR count). The summed E-state index contributed by atoms with van der Waals surface area (Å²) in [7, 11) is -4.39. The van der Waals surface area contributed by atoms with Crippen molar-refractivity contribution in [1.29, 1.82) is 0 Å². The summed E-state index contributed by atoms with van der Waals surface area (Å²) in [4.78, 5) is 34.1. The number of pyridine rings is 2. The van der Waals surface area contributed by atoms with E-state index in [1.54, 1.807) is 12.1 Å². The molecule has 3 aromatic rings. The Hall–Kier alpha value is -4.12. The Morgan fingerprint density at radius 1 is 1.12 bits per heavy atom. The molecule has 3 N–H and O–H groups in total. The standard InChI is InChI=1S/C31H37ClF3N7O6S/c1-30(2)17-19(18-41(30)29(44)45)6-4-13-36-23-8-3-9-26(37-23)49(46,47)40-28(43)21-10-11-24(38-27(21)32)42-14-12-25(39-42)48-15-5-7-20-16-22(20)31(33,34)35/h3,8-12,14,19-20,22H,4-7,13,15-18H2,1-2H3,(H,36,37)(H,40,43)(H,44,45)/t19-,20?,22?/m0/s1. The highest BCUT2D eigenvalue weighted by Crippen LogP contribution is 2.52. The predicted octanol–water partition coefficient (Wildman–Crippen LogP) is 5.76. The zero-order valence-corrected chi connectivity index (χ0v) is 28.4. The molecule has 49 heavy (non-hydrogen) atoms. The molecule has 1 saturated carbocycles. The van der Waals surface area contributed by atoms with E-state index in [1.807, 2.05) is 18.6 Å². The van der Waals surface area contributed by atoms with Gasteiger partial charge in [-0.1, -0.05) is 17.7 Å². The van der Waals surface area contributed by atoms with Crippen molar-refractivity contribution in [2.75, 3.05) is 25.0 Å². The van der Waals surface area contributed by atoms with Crippen molar-refractivity contribution >= 4 is 39.4 Å². The number of nitrogens with one attached hydrogen (secondary N) is 2. The Bertz CT molecular complexity index is 1790. The summed E-state index contributed by atoms with van der Waals surface area (Å²) in [5.41, 5.74) is -0.628. The molecule has 4 heterocycles. The van der Waals surface area contributed by atoms with E-state index in [-0.39, 0.29) is 52.3 Å².